The third kappa shape index (κ3) is 3.58. The number of aromatic nitrogens is 5. The molecule has 2 aromatic heterocycles. The van der Waals surface area contributed by atoms with E-state index in [0.29, 0.717) is 17.5 Å². The quantitative estimate of drug-likeness (QED) is 0.542. The summed E-state index contributed by atoms with van der Waals surface area (Å²) in [4.78, 5) is 38.3. The van der Waals surface area contributed by atoms with E-state index in [1.165, 1.54) is 4.68 Å². The van der Waals surface area contributed by atoms with Crippen molar-refractivity contribution in [2.24, 2.45) is 7.05 Å². The zero-order valence-corrected chi connectivity index (χ0v) is 17.3. The van der Waals surface area contributed by atoms with Crippen molar-refractivity contribution >= 4 is 10.8 Å². The summed E-state index contributed by atoms with van der Waals surface area (Å²) in [6, 6.07) is 10.8. The minimum atomic E-state index is -1.07. The van der Waals surface area contributed by atoms with Crippen molar-refractivity contribution in [3.05, 3.63) is 95.7 Å². The molecule has 0 spiro atoms. The Morgan fingerprint density at radius 1 is 0.968 bits per heavy atom. The van der Waals surface area contributed by atoms with Crippen LogP contribution in [0.15, 0.2) is 50.8 Å². The smallest absolute Gasteiger partial charge is 0.271 e. The fraction of sp³-hybridized carbons (Fsp3) is 0.227. The highest BCUT2D eigenvalue weighted by Crippen LogP contribution is 2.23. The second-order valence-electron chi connectivity index (χ2n) is 7.41. The maximum Gasteiger partial charge on any atom is 0.349 e. The Hall–Kier alpha value is -3.88. The summed E-state index contributed by atoms with van der Waals surface area (Å²) < 4.78 is 15.4. The standard InChI is InChI=1S/C22H20FN5O3/c1-12-8-14(28-22(31)24-20(29)19(11-23)26-28)9-13(2)17(12)10-18-15-6-4-5-7-16(15)21(30)27(3)25-18/h4-9H,10-11H2,1-3H3,(H,24,29,31). The number of nitrogens with one attached hydrogen (secondary N) is 1. The molecule has 0 fully saturated rings. The normalized spacial score (nSPS) is 11.2. The monoisotopic (exact) mass is 421 g/mol. The topological polar surface area (TPSA) is 103 Å². The summed E-state index contributed by atoms with van der Waals surface area (Å²) in [5.74, 6) is 0. The molecular weight excluding hydrogens is 401 g/mol. The summed E-state index contributed by atoms with van der Waals surface area (Å²) in [5.41, 5.74) is 1.83. The molecule has 0 radical (unpaired) electrons. The van der Waals surface area contributed by atoms with Gasteiger partial charge in [0.25, 0.3) is 11.1 Å². The van der Waals surface area contributed by atoms with Crippen LogP contribution < -0.4 is 16.8 Å². The summed E-state index contributed by atoms with van der Waals surface area (Å²) in [6.07, 6.45) is 0.482. The average molecular weight is 421 g/mol. The first-order valence-corrected chi connectivity index (χ1v) is 9.64. The molecule has 0 saturated carbocycles. The fourth-order valence-corrected chi connectivity index (χ4v) is 3.74. The molecule has 4 aromatic rings. The highest BCUT2D eigenvalue weighted by atomic mass is 19.1. The molecule has 0 atom stereocenters. The third-order valence-corrected chi connectivity index (χ3v) is 5.32. The number of benzene rings is 2. The Bertz CT molecular complexity index is 1480. The van der Waals surface area contributed by atoms with Crippen LogP contribution in [0.2, 0.25) is 0 Å². The van der Waals surface area contributed by atoms with Gasteiger partial charge in [0.05, 0.1) is 16.8 Å². The molecule has 0 aliphatic heterocycles. The van der Waals surface area contributed by atoms with Gasteiger partial charge in [-0.25, -0.2) is 13.9 Å². The number of H-pyrrole nitrogens is 1. The van der Waals surface area contributed by atoms with Crippen LogP contribution in [0.5, 0.6) is 0 Å². The van der Waals surface area contributed by atoms with Crippen LogP contribution in [-0.2, 0) is 20.1 Å². The Labute approximate surface area is 175 Å². The van der Waals surface area contributed by atoms with Crippen molar-refractivity contribution in [1.29, 1.82) is 0 Å². The number of alkyl halides is 1. The van der Waals surface area contributed by atoms with Crippen LogP contribution in [0.3, 0.4) is 0 Å². The number of rotatable bonds is 4. The lowest BCUT2D eigenvalue weighted by Gasteiger charge is -2.15. The molecular formula is C22H20FN5O3. The number of halogens is 1. The van der Waals surface area contributed by atoms with E-state index < -0.39 is 17.9 Å². The van der Waals surface area contributed by atoms with E-state index >= 15 is 0 Å². The Morgan fingerprint density at radius 3 is 2.26 bits per heavy atom. The number of fused-ring (bicyclic) bond motifs is 1. The van der Waals surface area contributed by atoms with Crippen LogP contribution in [0.25, 0.3) is 16.5 Å². The average Bonchev–Trinajstić information content (AvgIpc) is 2.74. The largest absolute Gasteiger partial charge is 0.349 e. The van der Waals surface area contributed by atoms with Gasteiger partial charge in [0, 0.05) is 18.9 Å². The lowest BCUT2D eigenvalue weighted by molar-refractivity contribution is 0.460. The minimum Gasteiger partial charge on any atom is -0.271 e. The van der Waals surface area contributed by atoms with Crippen LogP contribution in [-0.4, -0.2) is 24.5 Å². The molecule has 0 aliphatic rings. The number of aromatic amines is 1. The molecule has 4 rings (SSSR count). The zero-order valence-electron chi connectivity index (χ0n) is 17.3. The molecule has 0 unspecified atom stereocenters. The summed E-state index contributed by atoms with van der Waals surface area (Å²) in [5, 5.41) is 9.71. The zero-order chi connectivity index (χ0) is 22.3. The van der Waals surface area contributed by atoms with Gasteiger partial charge in [0.15, 0.2) is 5.69 Å². The van der Waals surface area contributed by atoms with Gasteiger partial charge in [0.1, 0.15) is 6.67 Å². The van der Waals surface area contributed by atoms with Gasteiger partial charge in [0.2, 0.25) is 0 Å². The molecule has 0 aliphatic carbocycles. The predicted molar refractivity (Wildman–Crippen MR) is 115 cm³/mol. The molecule has 1 N–H and O–H groups in total. The van der Waals surface area contributed by atoms with Gasteiger partial charge in [-0.3, -0.25) is 14.6 Å². The van der Waals surface area contributed by atoms with E-state index in [1.54, 1.807) is 25.2 Å². The molecule has 2 aromatic carbocycles. The van der Waals surface area contributed by atoms with Crippen molar-refractivity contribution in [1.82, 2.24) is 24.5 Å². The lowest BCUT2D eigenvalue weighted by atomic mass is 9.96. The molecule has 0 saturated heterocycles. The predicted octanol–water partition coefficient (Wildman–Crippen LogP) is 1.84. The number of hydrogen-bond acceptors (Lipinski definition) is 5. The van der Waals surface area contributed by atoms with Gasteiger partial charge in [-0.15, -0.1) is 0 Å². The van der Waals surface area contributed by atoms with E-state index in [4.69, 9.17) is 0 Å². The fourth-order valence-electron chi connectivity index (χ4n) is 3.74. The van der Waals surface area contributed by atoms with Gasteiger partial charge in [-0.05, 0) is 48.7 Å². The van der Waals surface area contributed by atoms with E-state index in [9.17, 15) is 18.8 Å². The van der Waals surface area contributed by atoms with Gasteiger partial charge >= 0.3 is 5.69 Å². The first kappa shape index (κ1) is 20.4. The first-order chi connectivity index (χ1) is 14.8. The second-order valence-corrected chi connectivity index (χ2v) is 7.41. The van der Waals surface area contributed by atoms with E-state index in [1.807, 2.05) is 32.0 Å². The van der Waals surface area contributed by atoms with Crippen LogP contribution in [0.4, 0.5) is 4.39 Å². The molecule has 2 heterocycles. The van der Waals surface area contributed by atoms with Crippen molar-refractivity contribution < 1.29 is 4.39 Å². The van der Waals surface area contributed by atoms with Crippen molar-refractivity contribution in [3.8, 4) is 5.69 Å². The van der Waals surface area contributed by atoms with Crippen molar-refractivity contribution in [2.45, 2.75) is 26.9 Å². The van der Waals surface area contributed by atoms with Gasteiger partial charge < -0.3 is 0 Å². The van der Waals surface area contributed by atoms with Crippen LogP contribution in [0, 0.1) is 13.8 Å². The summed E-state index contributed by atoms with van der Waals surface area (Å²) in [7, 11) is 1.62. The Balaban J connectivity index is 1.83. The second kappa shape index (κ2) is 7.75. The molecule has 31 heavy (non-hydrogen) atoms. The lowest BCUT2D eigenvalue weighted by Crippen LogP contribution is -2.33. The third-order valence-electron chi connectivity index (χ3n) is 5.32. The van der Waals surface area contributed by atoms with Gasteiger partial charge in [-0.2, -0.15) is 14.9 Å². The maximum absolute atomic E-state index is 13.0. The minimum absolute atomic E-state index is 0.157. The van der Waals surface area contributed by atoms with Crippen LogP contribution in [0.1, 0.15) is 28.1 Å². The van der Waals surface area contributed by atoms with Gasteiger partial charge in [-0.1, -0.05) is 18.2 Å². The van der Waals surface area contributed by atoms with Crippen molar-refractivity contribution in [2.75, 3.05) is 0 Å². The number of nitrogens with zero attached hydrogens (tertiary/aromatic N) is 4. The number of aryl methyl sites for hydroxylation is 3. The SMILES string of the molecule is Cc1cc(-n2nc(CF)c(=O)[nH]c2=O)cc(C)c1Cc1nn(C)c(=O)c2ccccc12. The maximum atomic E-state index is 13.0. The molecule has 0 amide bonds. The molecule has 8 nitrogen and oxygen atoms in total. The Kier molecular flexibility index (Phi) is 5.10. The molecule has 0 bridgehead atoms. The van der Waals surface area contributed by atoms with E-state index in [0.717, 1.165) is 32.5 Å². The highest BCUT2D eigenvalue weighted by Gasteiger charge is 2.15. The van der Waals surface area contributed by atoms with Crippen LogP contribution >= 0.6 is 0 Å². The molecule has 9 heteroatoms. The first-order valence-electron chi connectivity index (χ1n) is 9.64. The van der Waals surface area contributed by atoms with E-state index in [2.05, 4.69) is 15.2 Å². The summed E-state index contributed by atoms with van der Waals surface area (Å²) >= 11 is 0. The Morgan fingerprint density at radius 2 is 1.61 bits per heavy atom. The highest BCUT2D eigenvalue weighted by molar-refractivity contribution is 5.83. The molecule has 158 valence electrons. The number of hydrogen-bond donors (Lipinski definition) is 1. The van der Waals surface area contributed by atoms with E-state index in [-0.39, 0.29) is 11.3 Å². The van der Waals surface area contributed by atoms with Crippen molar-refractivity contribution in [3.63, 3.8) is 0 Å². The summed E-state index contributed by atoms with van der Waals surface area (Å²) in [6.45, 7) is 2.71.